The number of thiophene rings is 1. The van der Waals surface area contributed by atoms with Crippen LogP contribution < -0.4 is 10.2 Å². The van der Waals surface area contributed by atoms with E-state index in [4.69, 9.17) is 4.74 Å². The van der Waals surface area contributed by atoms with E-state index in [0.29, 0.717) is 12.2 Å². The van der Waals surface area contributed by atoms with E-state index in [9.17, 15) is 4.79 Å². The number of quaternary nitrogens is 1. The predicted molar refractivity (Wildman–Crippen MR) is 108 cm³/mol. The van der Waals surface area contributed by atoms with E-state index in [2.05, 4.69) is 28.5 Å². The first-order valence-corrected chi connectivity index (χ1v) is 10.9. The molecule has 3 heterocycles. The minimum absolute atomic E-state index is 0.124. The molecule has 0 radical (unpaired) electrons. The van der Waals surface area contributed by atoms with Gasteiger partial charge in [0, 0.05) is 28.4 Å². The number of hydrogen-bond acceptors (Lipinski definition) is 5. The topological polar surface area (TPSA) is 55.7 Å². The Morgan fingerprint density at radius 3 is 2.74 bits per heavy atom. The average Bonchev–Trinajstić information content (AvgIpc) is 3.39. The van der Waals surface area contributed by atoms with Crippen molar-refractivity contribution < 1.29 is 14.4 Å². The number of thiazole rings is 1. The lowest BCUT2D eigenvalue weighted by molar-refractivity contribution is -0.921. The summed E-state index contributed by atoms with van der Waals surface area (Å²) in [6.45, 7) is 5.20. The molecular formula is C20H22N3O2S2+. The zero-order valence-corrected chi connectivity index (χ0v) is 16.6. The molecule has 0 atom stereocenters. The Morgan fingerprint density at radius 2 is 1.96 bits per heavy atom. The average molecular weight is 401 g/mol. The van der Waals surface area contributed by atoms with E-state index in [-0.39, 0.29) is 5.91 Å². The van der Waals surface area contributed by atoms with Gasteiger partial charge in [-0.2, -0.15) is 11.3 Å². The summed E-state index contributed by atoms with van der Waals surface area (Å²) in [5.74, 6) is -0.124. The van der Waals surface area contributed by atoms with E-state index in [0.717, 1.165) is 49.0 Å². The van der Waals surface area contributed by atoms with Crippen molar-refractivity contribution in [3.8, 4) is 10.6 Å². The van der Waals surface area contributed by atoms with E-state index in [1.807, 2.05) is 28.3 Å². The van der Waals surface area contributed by atoms with Crippen molar-refractivity contribution in [2.75, 3.05) is 26.3 Å². The van der Waals surface area contributed by atoms with Crippen LogP contribution in [0.15, 0.2) is 46.5 Å². The summed E-state index contributed by atoms with van der Waals surface area (Å²) in [5, 5.41) is 9.80. The van der Waals surface area contributed by atoms with Gasteiger partial charge in [-0.3, -0.25) is 4.79 Å². The van der Waals surface area contributed by atoms with Crippen molar-refractivity contribution in [1.82, 2.24) is 10.3 Å². The van der Waals surface area contributed by atoms with Crippen LogP contribution in [0.5, 0.6) is 0 Å². The summed E-state index contributed by atoms with van der Waals surface area (Å²) in [6, 6.07) is 10.4. The number of aromatic nitrogens is 1. The Kier molecular flexibility index (Phi) is 5.94. The Balaban J connectivity index is 1.39. The van der Waals surface area contributed by atoms with Crippen LogP contribution in [0.25, 0.3) is 10.6 Å². The summed E-state index contributed by atoms with van der Waals surface area (Å²) >= 11 is 3.13. The number of amides is 1. The highest BCUT2D eigenvalue weighted by Crippen LogP contribution is 2.25. The highest BCUT2D eigenvalue weighted by atomic mass is 32.1. The number of benzene rings is 1. The fraction of sp³-hybridized carbons (Fsp3) is 0.300. The normalized spacial score (nSPS) is 15.0. The molecule has 1 aromatic carbocycles. The van der Waals surface area contributed by atoms with Crippen LogP contribution in [0.2, 0.25) is 0 Å². The minimum atomic E-state index is -0.124. The molecule has 1 amide bonds. The van der Waals surface area contributed by atoms with Crippen molar-refractivity contribution in [2.24, 2.45) is 0 Å². The van der Waals surface area contributed by atoms with E-state index in [1.165, 1.54) is 21.8 Å². The molecule has 0 aliphatic carbocycles. The second kappa shape index (κ2) is 8.75. The van der Waals surface area contributed by atoms with E-state index in [1.54, 1.807) is 11.3 Å². The quantitative estimate of drug-likeness (QED) is 0.667. The number of ether oxygens (including phenoxy) is 1. The molecule has 1 saturated heterocycles. The molecule has 7 heteroatoms. The summed E-state index contributed by atoms with van der Waals surface area (Å²) in [5.41, 5.74) is 4.01. The summed E-state index contributed by atoms with van der Waals surface area (Å²) in [7, 11) is 0. The Bertz CT molecular complexity index is 886. The third-order valence-electron chi connectivity index (χ3n) is 4.70. The first-order valence-electron chi connectivity index (χ1n) is 9.04. The van der Waals surface area contributed by atoms with Gasteiger partial charge >= 0.3 is 0 Å². The smallest absolute Gasteiger partial charge is 0.271 e. The van der Waals surface area contributed by atoms with Crippen molar-refractivity contribution in [3.05, 3.63) is 63.3 Å². The standard InChI is InChI=1S/C20H21N3O2S2/c24-19(18-14-27-20(22-18)17-5-10-26-13-17)21-11-15-3-1-2-4-16(15)12-23-6-8-25-9-7-23/h1-5,10,13-14H,6-9,11-12H2,(H,21,24)/p+1. The van der Waals surface area contributed by atoms with E-state index < -0.39 is 0 Å². The number of hydrogen-bond donors (Lipinski definition) is 2. The monoisotopic (exact) mass is 400 g/mol. The van der Waals surface area contributed by atoms with Gasteiger partial charge in [0.15, 0.2) is 0 Å². The molecule has 1 fully saturated rings. The first kappa shape index (κ1) is 18.3. The Hall–Kier alpha value is -2.06. The minimum Gasteiger partial charge on any atom is -0.370 e. The van der Waals surface area contributed by atoms with Gasteiger partial charge in [-0.05, 0) is 17.0 Å². The molecule has 0 saturated carbocycles. The highest BCUT2D eigenvalue weighted by molar-refractivity contribution is 7.14. The molecule has 1 aliphatic heterocycles. The van der Waals surface area contributed by atoms with Crippen LogP contribution in [0.4, 0.5) is 0 Å². The number of carbonyl (C=O) groups is 1. The van der Waals surface area contributed by atoms with Gasteiger partial charge in [0.25, 0.3) is 5.91 Å². The molecule has 0 bridgehead atoms. The van der Waals surface area contributed by atoms with Crippen LogP contribution in [0, 0.1) is 0 Å². The van der Waals surface area contributed by atoms with Crippen LogP contribution in [-0.4, -0.2) is 37.2 Å². The number of morpholine rings is 1. The maximum atomic E-state index is 12.5. The first-order chi connectivity index (χ1) is 13.3. The molecule has 140 valence electrons. The molecule has 1 aliphatic rings. The number of carbonyl (C=O) groups excluding carboxylic acids is 1. The molecule has 0 unspecified atom stereocenters. The summed E-state index contributed by atoms with van der Waals surface area (Å²) < 4.78 is 5.44. The van der Waals surface area contributed by atoms with Gasteiger partial charge in [-0.25, -0.2) is 4.98 Å². The molecule has 2 aromatic heterocycles. The lowest BCUT2D eigenvalue weighted by Crippen LogP contribution is -3.12. The largest absolute Gasteiger partial charge is 0.370 e. The number of rotatable bonds is 6. The second-order valence-corrected chi connectivity index (χ2v) is 8.18. The van der Waals surface area contributed by atoms with Gasteiger partial charge in [0.05, 0.1) is 13.2 Å². The van der Waals surface area contributed by atoms with Crippen LogP contribution in [-0.2, 0) is 17.8 Å². The molecule has 4 rings (SSSR count). The lowest BCUT2D eigenvalue weighted by atomic mass is 10.1. The van der Waals surface area contributed by atoms with Gasteiger partial charge in [-0.1, -0.05) is 24.3 Å². The van der Waals surface area contributed by atoms with Gasteiger partial charge in [0.1, 0.15) is 30.3 Å². The summed E-state index contributed by atoms with van der Waals surface area (Å²) in [4.78, 5) is 18.5. The second-order valence-electron chi connectivity index (χ2n) is 6.54. The highest BCUT2D eigenvalue weighted by Gasteiger charge is 2.17. The van der Waals surface area contributed by atoms with Crippen molar-refractivity contribution in [2.45, 2.75) is 13.1 Å². The molecule has 3 aromatic rings. The lowest BCUT2D eigenvalue weighted by Gasteiger charge is -2.24. The van der Waals surface area contributed by atoms with Crippen LogP contribution >= 0.6 is 22.7 Å². The Morgan fingerprint density at radius 1 is 1.15 bits per heavy atom. The molecule has 2 N–H and O–H groups in total. The van der Waals surface area contributed by atoms with Crippen LogP contribution in [0.3, 0.4) is 0 Å². The van der Waals surface area contributed by atoms with E-state index >= 15 is 0 Å². The molecule has 27 heavy (non-hydrogen) atoms. The Labute approximate surface area is 166 Å². The fourth-order valence-electron chi connectivity index (χ4n) is 3.17. The van der Waals surface area contributed by atoms with Gasteiger partial charge in [0.2, 0.25) is 0 Å². The summed E-state index contributed by atoms with van der Waals surface area (Å²) in [6.07, 6.45) is 0. The van der Waals surface area contributed by atoms with Gasteiger partial charge < -0.3 is 15.0 Å². The maximum absolute atomic E-state index is 12.5. The van der Waals surface area contributed by atoms with Crippen molar-refractivity contribution >= 4 is 28.6 Å². The maximum Gasteiger partial charge on any atom is 0.271 e. The van der Waals surface area contributed by atoms with Crippen LogP contribution in [0.1, 0.15) is 21.6 Å². The third-order valence-corrected chi connectivity index (χ3v) is 6.28. The molecule has 0 spiro atoms. The predicted octanol–water partition coefficient (Wildman–Crippen LogP) is 2.22. The fourth-order valence-corrected chi connectivity index (χ4v) is 4.68. The number of nitrogens with zero attached hydrogens (tertiary/aromatic N) is 1. The SMILES string of the molecule is O=C(NCc1ccccc1C[NH+]1CCOCC1)c1csc(-c2ccsc2)n1. The van der Waals surface area contributed by atoms with Gasteiger partial charge in [-0.15, -0.1) is 11.3 Å². The zero-order valence-electron chi connectivity index (χ0n) is 14.9. The van der Waals surface area contributed by atoms with Crippen molar-refractivity contribution in [3.63, 3.8) is 0 Å². The number of nitrogens with one attached hydrogen (secondary N) is 2. The zero-order chi connectivity index (χ0) is 18.5. The van der Waals surface area contributed by atoms with Crippen molar-refractivity contribution in [1.29, 1.82) is 0 Å². The molecule has 5 nitrogen and oxygen atoms in total. The molecular weight excluding hydrogens is 378 g/mol. The third kappa shape index (κ3) is 4.62.